The maximum atomic E-state index is 14.3. The molecule has 81 heavy (non-hydrogen) atoms. The van der Waals surface area contributed by atoms with Gasteiger partial charge in [-0.2, -0.15) is 0 Å². The van der Waals surface area contributed by atoms with Gasteiger partial charge in [0.15, 0.2) is 23.0 Å². The fourth-order valence-electron chi connectivity index (χ4n) is 11.2. The number of carbonyl (C=O) groups excluding carboxylic acids is 6. The molecule has 0 fully saturated rings. The van der Waals surface area contributed by atoms with Crippen LogP contribution in [0.5, 0.6) is 23.0 Å². The number of nitrogens with zero attached hydrogens (tertiary/aromatic N) is 5. The van der Waals surface area contributed by atoms with E-state index in [-0.39, 0.29) is 55.3 Å². The number of fused-ring (bicyclic) bond motifs is 8. The van der Waals surface area contributed by atoms with E-state index in [9.17, 15) is 28.8 Å². The molecule has 4 atom stereocenters. The summed E-state index contributed by atoms with van der Waals surface area (Å²) in [5.74, 6) is -0.169. The van der Waals surface area contributed by atoms with E-state index >= 15 is 0 Å². The van der Waals surface area contributed by atoms with Crippen LogP contribution in [0.25, 0.3) is 0 Å². The molecule has 0 saturated heterocycles. The molecule has 6 amide bonds. The van der Waals surface area contributed by atoms with E-state index in [1.54, 1.807) is 44.3 Å². The number of nitrogens with one attached hydrogen (secondary N) is 4. The number of carbonyl (C=O) groups is 6. The Bertz CT molecular complexity index is 3060. The number of anilines is 5. The smallest absolute Gasteiger partial charge is 0.260 e. The second-order valence-electron chi connectivity index (χ2n) is 21.2. The van der Waals surface area contributed by atoms with Gasteiger partial charge >= 0.3 is 0 Å². The summed E-state index contributed by atoms with van der Waals surface area (Å²) < 4.78 is 24.8. The molecule has 4 heterocycles. The van der Waals surface area contributed by atoms with E-state index < -0.39 is 23.9 Å². The minimum atomic E-state index is -1.02. The van der Waals surface area contributed by atoms with E-state index in [0.29, 0.717) is 101 Å². The Hall–Kier alpha value is -8.61. The molecule has 0 radical (unpaired) electrons. The van der Waals surface area contributed by atoms with Crippen molar-refractivity contribution in [3.63, 3.8) is 0 Å². The third kappa shape index (κ3) is 13.0. The number of rotatable bonds is 23. The Kier molecular flexibility index (Phi) is 18.1. The van der Waals surface area contributed by atoms with Gasteiger partial charge in [-0.05, 0) is 130 Å². The molecule has 9 rings (SSSR count). The van der Waals surface area contributed by atoms with Crippen molar-refractivity contribution in [1.29, 1.82) is 0 Å². The van der Waals surface area contributed by atoms with Gasteiger partial charge in [0, 0.05) is 82.3 Å². The molecule has 5 aromatic rings. The van der Waals surface area contributed by atoms with Crippen LogP contribution in [0.2, 0.25) is 0 Å². The van der Waals surface area contributed by atoms with Crippen molar-refractivity contribution in [2.45, 2.75) is 110 Å². The van der Waals surface area contributed by atoms with Crippen molar-refractivity contribution < 1.29 is 47.7 Å². The van der Waals surface area contributed by atoms with Crippen LogP contribution in [0.15, 0.2) is 96.0 Å². The number of hydrogen-bond donors (Lipinski definition) is 4. The molecule has 0 spiro atoms. The number of unbranched alkanes of at least 4 members (excludes halogenated alkanes) is 2. The Morgan fingerprint density at radius 1 is 0.617 bits per heavy atom. The summed E-state index contributed by atoms with van der Waals surface area (Å²) in [7, 11) is 6.98. The van der Waals surface area contributed by atoms with Gasteiger partial charge in [-0.15, -0.1) is 0 Å². The maximum Gasteiger partial charge on any atom is 0.260 e. The molecule has 426 valence electrons. The van der Waals surface area contributed by atoms with E-state index in [1.165, 1.54) is 14.2 Å². The monoisotopic (exact) mass is 1100 g/mol. The van der Waals surface area contributed by atoms with E-state index in [1.807, 2.05) is 85.4 Å². The second-order valence-corrected chi connectivity index (χ2v) is 21.2. The Labute approximate surface area is 473 Å². The molecule has 4 N–H and O–H groups in total. The van der Waals surface area contributed by atoms with Gasteiger partial charge in [0.2, 0.25) is 23.6 Å². The fraction of sp³-hybridized carbons (Fsp3) is 0.403. The van der Waals surface area contributed by atoms with Crippen molar-refractivity contribution in [2.75, 3.05) is 79.4 Å². The first-order valence-electron chi connectivity index (χ1n) is 27.8. The molecule has 4 aliphatic heterocycles. The highest BCUT2D eigenvalue weighted by Gasteiger charge is 2.41. The van der Waals surface area contributed by atoms with Crippen LogP contribution in [0, 0.1) is 0 Å². The number of aliphatic imine (C=N–C) groups is 1. The molecule has 0 aliphatic carbocycles. The minimum Gasteiger partial charge on any atom is -0.493 e. The quantitative estimate of drug-likeness (QED) is 0.0372. The van der Waals surface area contributed by atoms with Crippen LogP contribution in [-0.2, 0) is 45.2 Å². The van der Waals surface area contributed by atoms with Crippen LogP contribution in [-0.4, -0.2) is 120 Å². The summed E-state index contributed by atoms with van der Waals surface area (Å²) in [6.45, 7) is 7.50. The van der Waals surface area contributed by atoms with Gasteiger partial charge in [0.1, 0.15) is 25.3 Å². The van der Waals surface area contributed by atoms with E-state index in [2.05, 4.69) is 48.2 Å². The third-order valence-corrected chi connectivity index (χ3v) is 15.3. The topological polar surface area (TPSA) is 213 Å². The fourth-order valence-corrected chi connectivity index (χ4v) is 11.2. The second kappa shape index (κ2) is 25.7. The van der Waals surface area contributed by atoms with Crippen molar-refractivity contribution >= 4 is 70.1 Å². The van der Waals surface area contributed by atoms with Crippen LogP contribution in [0.4, 0.5) is 28.4 Å². The summed E-state index contributed by atoms with van der Waals surface area (Å²) in [6.07, 6.45) is 6.41. The number of methoxy groups -OCH3 is 2. The zero-order valence-corrected chi connectivity index (χ0v) is 47.3. The van der Waals surface area contributed by atoms with Crippen molar-refractivity contribution in [1.82, 2.24) is 16.0 Å². The van der Waals surface area contributed by atoms with Gasteiger partial charge in [-0.3, -0.25) is 33.8 Å². The van der Waals surface area contributed by atoms with Gasteiger partial charge < -0.3 is 59.8 Å². The summed E-state index contributed by atoms with van der Waals surface area (Å²) in [4.78, 5) is 93.0. The SMILES string of the molecule is CC=NCCCCNC(=O)CCCCC(=O)N[C@@H](C)C(=O)N[C@@H](C)C(=O)Nc1cc(COc2cc3c(cc2OC)C(=O)N2c4ccccc4C[C@H]2CN3C)cc(COc2cc3c(cc2OC)C(=O)N2c4ccccc4C[C@H]2CN3C)c1. The predicted molar refractivity (Wildman–Crippen MR) is 313 cm³/mol. The van der Waals surface area contributed by atoms with Crippen LogP contribution in [0.3, 0.4) is 0 Å². The summed E-state index contributed by atoms with van der Waals surface area (Å²) in [5, 5.41) is 11.3. The maximum absolute atomic E-state index is 14.3. The van der Waals surface area contributed by atoms with Crippen molar-refractivity contribution in [2.24, 2.45) is 4.99 Å². The molecular formula is C62H73N9O10. The van der Waals surface area contributed by atoms with Crippen LogP contribution >= 0.6 is 0 Å². The zero-order valence-electron chi connectivity index (χ0n) is 47.3. The number of amides is 6. The molecule has 4 aliphatic rings. The van der Waals surface area contributed by atoms with Gasteiger partial charge in [0.05, 0.1) is 48.8 Å². The standard InChI is InChI=1S/C62H73N9O10/c1-8-63-23-15-16-24-64-57(72)21-13-14-22-58(73)65-38(2)59(74)66-39(3)60(75)67-44-26-40(36-80-55-32-51-47(30-53(55)78-6)61(76)70-45(34-68(51)4)28-42-17-9-11-19-49(42)70)25-41(27-44)37-81-56-33-52-48(31-54(56)79-7)62(77)71-46(35-69(52)5)29-43-18-10-12-20-50(43)71/h8-12,17-20,25-27,30-33,38-39,45-46H,13-16,21-24,28-29,34-37H2,1-7H3,(H,64,72)(H,65,73)(H,66,74)(H,67,75)/t38-,39-,45-,46-/m0/s1. The van der Waals surface area contributed by atoms with E-state index in [4.69, 9.17) is 18.9 Å². The number of ether oxygens (including phenoxy) is 4. The van der Waals surface area contributed by atoms with Crippen LogP contribution in [0.1, 0.15) is 102 Å². The number of para-hydroxylation sites is 2. The first-order valence-corrected chi connectivity index (χ1v) is 27.8. The van der Waals surface area contributed by atoms with E-state index in [0.717, 1.165) is 54.7 Å². The third-order valence-electron chi connectivity index (χ3n) is 15.3. The normalized spacial score (nSPS) is 16.6. The first-order chi connectivity index (χ1) is 39.1. The predicted octanol–water partition coefficient (Wildman–Crippen LogP) is 7.40. The highest BCUT2D eigenvalue weighted by Crippen LogP contribution is 2.44. The minimum absolute atomic E-state index is 0.00761. The Morgan fingerprint density at radius 3 is 1.64 bits per heavy atom. The lowest BCUT2D eigenvalue weighted by Gasteiger charge is -2.25. The largest absolute Gasteiger partial charge is 0.493 e. The molecule has 5 aromatic carbocycles. The highest BCUT2D eigenvalue weighted by atomic mass is 16.5. The summed E-state index contributed by atoms with van der Waals surface area (Å²) in [5.41, 5.74) is 8.15. The average molecular weight is 1100 g/mol. The Balaban J connectivity index is 0.893. The molecule has 0 bridgehead atoms. The molecule has 0 saturated carbocycles. The van der Waals surface area contributed by atoms with Crippen LogP contribution < -0.4 is 59.8 Å². The lowest BCUT2D eigenvalue weighted by molar-refractivity contribution is -0.130. The summed E-state index contributed by atoms with van der Waals surface area (Å²) >= 11 is 0. The lowest BCUT2D eigenvalue weighted by Crippen LogP contribution is -2.50. The molecular weight excluding hydrogens is 1030 g/mol. The van der Waals surface area contributed by atoms with Gasteiger partial charge in [0.25, 0.3) is 11.8 Å². The van der Waals surface area contributed by atoms with Crippen molar-refractivity contribution in [3.05, 3.63) is 124 Å². The van der Waals surface area contributed by atoms with Gasteiger partial charge in [-0.1, -0.05) is 36.4 Å². The highest BCUT2D eigenvalue weighted by molar-refractivity contribution is 6.13. The molecule has 19 nitrogen and oxygen atoms in total. The number of hydrogen-bond acceptors (Lipinski definition) is 13. The Morgan fingerprint density at radius 2 is 1.12 bits per heavy atom. The average Bonchev–Trinajstić information content (AvgIpc) is 3.97. The summed E-state index contributed by atoms with van der Waals surface area (Å²) in [6, 6.07) is 26.4. The first kappa shape index (κ1) is 57.1. The number of likely N-dealkylation sites (N-methyl/N-ethyl adjacent to an activating group) is 2. The molecule has 0 unspecified atom stereocenters. The van der Waals surface area contributed by atoms with Gasteiger partial charge in [-0.25, -0.2) is 0 Å². The molecule has 0 aromatic heterocycles. The zero-order chi connectivity index (χ0) is 57.3. The lowest BCUT2D eigenvalue weighted by atomic mass is 10.1. The number of benzene rings is 5. The van der Waals surface area contributed by atoms with Crippen molar-refractivity contribution in [3.8, 4) is 23.0 Å². The molecule has 19 heteroatoms.